The van der Waals surface area contributed by atoms with Crippen molar-refractivity contribution in [2.45, 2.75) is 25.7 Å². The molecule has 0 aromatic carbocycles. The molecule has 0 spiro atoms. The SMILES string of the molecule is CC(c1cc(C=O)sc1C(=O)O)C(C)(F)F. The van der Waals surface area contributed by atoms with E-state index in [9.17, 15) is 18.4 Å². The van der Waals surface area contributed by atoms with Crippen LogP contribution >= 0.6 is 11.3 Å². The van der Waals surface area contributed by atoms with Gasteiger partial charge in [0.2, 0.25) is 0 Å². The van der Waals surface area contributed by atoms with E-state index in [4.69, 9.17) is 5.11 Å². The van der Waals surface area contributed by atoms with Gasteiger partial charge in [0.15, 0.2) is 6.29 Å². The van der Waals surface area contributed by atoms with Crippen LogP contribution in [0.4, 0.5) is 8.78 Å². The first kappa shape index (κ1) is 12.8. The fourth-order valence-electron chi connectivity index (χ4n) is 1.24. The molecule has 0 radical (unpaired) electrons. The smallest absolute Gasteiger partial charge is 0.346 e. The zero-order chi connectivity index (χ0) is 12.5. The minimum Gasteiger partial charge on any atom is -0.477 e. The summed E-state index contributed by atoms with van der Waals surface area (Å²) in [5.41, 5.74) is 0.00657. The summed E-state index contributed by atoms with van der Waals surface area (Å²) < 4.78 is 26.2. The fourth-order valence-corrected chi connectivity index (χ4v) is 2.16. The van der Waals surface area contributed by atoms with Crippen LogP contribution in [0.3, 0.4) is 0 Å². The van der Waals surface area contributed by atoms with Crippen molar-refractivity contribution in [2.75, 3.05) is 0 Å². The van der Waals surface area contributed by atoms with Gasteiger partial charge in [-0.2, -0.15) is 0 Å². The normalized spacial score (nSPS) is 13.5. The molecule has 3 nitrogen and oxygen atoms in total. The monoisotopic (exact) mass is 248 g/mol. The average Bonchev–Trinajstić information content (AvgIpc) is 2.58. The maximum absolute atomic E-state index is 13.1. The zero-order valence-electron chi connectivity index (χ0n) is 8.66. The van der Waals surface area contributed by atoms with E-state index in [1.807, 2.05) is 0 Å². The quantitative estimate of drug-likeness (QED) is 0.833. The van der Waals surface area contributed by atoms with Crippen LogP contribution in [0, 0.1) is 0 Å². The number of halogens is 2. The molecule has 0 aliphatic rings. The van der Waals surface area contributed by atoms with Crippen molar-refractivity contribution in [1.82, 2.24) is 0 Å². The predicted octanol–water partition coefficient (Wildman–Crippen LogP) is 3.02. The summed E-state index contributed by atoms with van der Waals surface area (Å²) in [5, 5.41) is 8.84. The third-order valence-corrected chi connectivity index (χ3v) is 3.38. The van der Waals surface area contributed by atoms with E-state index in [2.05, 4.69) is 0 Å². The summed E-state index contributed by atoms with van der Waals surface area (Å²) in [6.45, 7) is 1.96. The Bertz CT molecular complexity index is 420. The molecule has 1 heterocycles. The summed E-state index contributed by atoms with van der Waals surface area (Å²) >= 11 is 0.711. The lowest BCUT2D eigenvalue weighted by atomic mass is 9.95. The van der Waals surface area contributed by atoms with Crippen molar-refractivity contribution < 1.29 is 23.5 Å². The summed E-state index contributed by atoms with van der Waals surface area (Å²) in [4.78, 5) is 21.3. The molecule has 6 heteroatoms. The fraction of sp³-hybridized carbons (Fsp3) is 0.400. The first-order valence-corrected chi connectivity index (χ1v) is 5.29. The second-order valence-corrected chi connectivity index (χ2v) is 4.62. The molecule has 0 aliphatic carbocycles. The molecule has 1 unspecified atom stereocenters. The lowest BCUT2D eigenvalue weighted by molar-refractivity contribution is -0.00235. The first-order chi connectivity index (χ1) is 7.27. The summed E-state index contributed by atoms with van der Waals surface area (Å²) in [5.74, 6) is -5.54. The van der Waals surface area contributed by atoms with E-state index in [-0.39, 0.29) is 15.3 Å². The minimum atomic E-state index is -3.02. The van der Waals surface area contributed by atoms with Crippen molar-refractivity contribution in [1.29, 1.82) is 0 Å². The Hall–Kier alpha value is -1.30. The number of carbonyl (C=O) groups excluding carboxylic acids is 1. The highest BCUT2D eigenvalue weighted by molar-refractivity contribution is 7.15. The Morgan fingerprint density at radius 3 is 2.56 bits per heavy atom. The molecule has 1 aromatic rings. The molecule has 0 bridgehead atoms. The Morgan fingerprint density at radius 2 is 2.19 bits per heavy atom. The Morgan fingerprint density at radius 1 is 1.62 bits per heavy atom. The van der Waals surface area contributed by atoms with Crippen LogP contribution in [0.1, 0.15) is 44.7 Å². The summed E-state index contributed by atoms with van der Waals surface area (Å²) in [7, 11) is 0. The molecule has 1 rings (SSSR count). The van der Waals surface area contributed by atoms with Crippen LogP contribution in [0.5, 0.6) is 0 Å². The minimum absolute atomic E-state index is 0.00657. The van der Waals surface area contributed by atoms with Crippen molar-refractivity contribution in [3.63, 3.8) is 0 Å². The van der Waals surface area contributed by atoms with Gasteiger partial charge in [0.1, 0.15) is 4.88 Å². The Balaban J connectivity index is 3.26. The van der Waals surface area contributed by atoms with Crippen molar-refractivity contribution >= 4 is 23.6 Å². The van der Waals surface area contributed by atoms with Gasteiger partial charge in [-0.15, -0.1) is 11.3 Å². The van der Waals surface area contributed by atoms with Gasteiger partial charge in [-0.05, 0) is 18.6 Å². The highest BCUT2D eigenvalue weighted by atomic mass is 32.1. The average molecular weight is 248 g/mol. The molecule has 88 valence electrons. The van der Waals surface area contributed by atoms with Crippen LogP contribution in [0.25, 0.3) is 0 Å². The second kappa shape index (κ2) is 4.29. The highest BCUT2D eigenvalue weighted by Gasteiger charge is 2.35. The predicted molar refractivity (Wildman–Crippen MR) is 55.7 cm³/mol. The van der Waals surface area contributed by atoms with Gasteiger partial charge < -0.3 is 5.11 Å². The van der Waals surface area contributed by atoms with E-state index < -0.39 is 17.8 Å². The molecule has 0 saturated heterocycles. The number of alkyl halides is 2. The molecule has 0 saturated carbocycles. The molecule has 16 heavy (non-hydrogen) atoms. The molecule has 0 amide bonds. The van der Waals surface area contributed by atoms with E-state index >= 15 is 0 Å². The van der Waals surface area contributed by atoms with Gasteiger partial charge in [0, 0.05) is 5.92 Å². The maximum Gasteiger partial charge on any atom is 0.346 e. The van der Waals surface area contributed by atoms with Gasteiger partial charge in [0.05, 0.1) is 4.88 Å². The van der Waals surface area contributed by atoms with Crippen LogP contribution < -0.4 is 0 Å². The van der Waals surface area contributed by atoms with Crippen LogP contribution in [-0.4, -0.2) is 23.3 Å². The Kier molecular flexibility index (Phi) is 3.42. The molecule has 1 atom stereocenters. The van der Waals surface area contributed by atoms with Crippen molar-refractivity contribution in [2.24, 2.45) is 0 Å². The third-order valence-electron chi connectivity index (χ3n) is 2.32. The number of aromatic carboxylic acids is 1. The van der Waals surface area contributed by atoms with Crippen molar-refractivity contribution in [3.8, 4) is 0 Å². The van der Waals surface area contributed by atoms with E-state index in [0.717, 1.165) is 6.92 Å². The number of thiophene rings is 1. The van der Waals surface area contributed by atoms with E-state index in [0.29, 0.717) is 17.6 Å². The van der Waals surface area contributed by atoms with Gasteiger partial charge in [-0.25, -0.2) is 13.6 Å². The highest BCUT2D eigenvalue weighted by Crippen LogP contribution is 2.37. The number of rotatable bonds is 4. The van der Waals surface area contributed by atoms with E-state index in [1.165, 1.54) is 13.0 Å². The standard InChI is InChI=1S/C10H10F2O3S/c1-5(10(2,11)12)7-3-6(4-13)16-8(7)9(14)15/h3-5H,1-2H3,(H,14,15). The second-order valence-electron chi connectivity index (χ2n) is 3.53. The number of hydrogen-bond acceptors (Lipinski definition) is 3. The molecular formula is C10H10F2O3S. The maximum atomic E-state index is 13.1. The van der Waals surface area contributed by atoms with Crippen LogP contribution in [0.15, 0.2) is 6.07 Å². The van der Waals surface area contributed by atoms with Gasteiger partial charge >= 0.3 is 5.97 Å². The number of carboxylic acids is 1. The number of aldehydes is 1. The van der Waals surface area contributed by atoms with Crippen LogP contribution in [0.2, 0.25) is 0 Å². The number of carbonyl (C=O) groups is 2. The van der Waals surface area contributed by atoms with Gasteiger partial charge in [-0.1, -0.05) is 6.92 Å². The molecule has 1 aromatic heterocycles. The van der Waals surface area contributed by atoms with Gasteiger partial charge in [-0.3, -0.25) is 4.79 Å². The van der Waals surface area contributed by atoms with Crippen LogP contribution in [-0.2, 0) is 0 Å². The van der Waals surface area contributed by atoms with Gasteiger partial charge in [0.25, 0.3) is 5.92 Å². The third kappa shape index (κ3) is 2.44. The lowest BCUT2D eigenvalue weighted by Gasteiger charge is -2.18. The Labute approximate surface area is 94.7 Å². The largest absolute Gasteiger partial charge is 0.477 e. The lowest BCUT2D eigenvalue weighted by Crippen LogP contribution is -2.20. The number of carboxylic acid groups (broad SMARTS) is 1. The molecule has 0 aliphatic heterocycles. The van der Waals surface area contributed by atoms with Crippen molar-refractivity contribution in [3.05, 3.63) is 21.4 Å². The summed E-state index contributed by atoms with van der Waals surface area (Å²) in [6, 6.07) is 1.21. The first-order valence-electron chi connectivity index (χ1n) is 4.47. The topological polar surface area (TPSA) is 54.4 Å². The summed E-state index contributed by atoms with van der Waals surface area (Å²) in [6.07, 6.45) is 0.459. The van der Waals surface area contributed by atoms with E-state index in [1.54, 1.807) is 0 Å². The molecular weight excluding hydrogens is 238 g/mol. The molecule has 1 N–H and O–H groups in total. The zero-order valence-corrected chi connectivity index (χ0v) is 9.48. The number of hydrogen-bond donors (Lipinski definition) is 1. The molecule has 0 fully saturated rings.